The molecule has 3 aliphatic rings. The quantitative estimate of drug-likeness (QED) is 0.181. The first-order chi connectivity index (χ1) is 26.7. The lowest BCUT2D eigenvalue weighted by Crippen LogP contribution is -2.37. The van der Waals surface area contributed by atoms with Gasteiger partial charge >= 0.3 is 0 Å². The van der Waals surface area contributed by atoms with Crippen LogP contribution in [0.3, 0.4) is 0 Å². The van der Waals surface area contributed by atoms with Crippen molar-refractivity contribution >= 4 is 40.1 Å². The first-order valence-corrected chi connectivity index (χ1v) is 20.3. The lowest BCUT2D eigenvalue weighted by molar-refractivity contribution is 0.592. The van der Waals surface area contributed by atoms with Crippen LogP contribution in [0, 0.1) is 0 Å². The number of para-hydroxylation sites is 2. The second kappa shape index (κ2) is 11.8. The van der Waals surface area contributed by atoms with Crippen LogP contribution in [0.1, 0.15) is 34.0 Å². The van der Waals surface area contributed by atoms with E-state index in [1.807, 2.05) is 60.7 Å². The Morgan fingerprint density at radius 2 is 1.02 bits per heavy atom. The largest absolute Gasteiger partial charge is 0.359 e. The molecule has 2 aliphatic heterocycles. The van der Waals surface area contributed by atoms with Gasteiger partial charge in [-0.05, 0) is 68.3 Å². The number of anilines is 3. The van der Waals surface area contributed by atoms with E-state index < -0.39 is 12.6 Å². The van der Waals surface area contributed by atoms with Crippen molar-refractivity contribution < 1.29 is 4.57 Å². The third kappa shape index (κ3) is 4.22. The van der Waals surface area contributed by atoms with Crippen molar-refractivity contribution in [3.63, 3.8) is 0 Å². The van der Waals surface area contributed by atoms with Crippen LogP contribution in [-0.4, -0.2) is 0 Å². The Morgan fingerprint density at radius 1 is 0.463 bits per heavy atom. The zero-order valence-electron chi connectivity index (χ0n) is 29.4. The summed E-state index contributed by atoms with van der Waals surface area (Å²) in [6, 6.07) is 70.7. The average Bonchev–Trinajstić information content (AvgIpc) is 3.78. The normalized spacial score (nSPS) is 17.3. The molecule has 0 aromatic heterocycles. The van der Waals surface area contributed by atoms with Crippen LogP contribution in [-0.2, 0) is 9.98 Å². The Hall–Kier alpha value is -6.41. The fraction of sp³-hybridized carbons (Fsp3) is 0.0400. The molecule has 4 heteroatoms. The van der Waals surface area contributed by atoms with Crippen LogP contribution < -0.4 is 26.1 Å². The van der Waals surface area contributed by atoms with Gasteiger partial charge in [-0.15, -0.1) is 0 Å². The monoisotopic (exact) mass is 710 g/mol. The second-order valence-corrected chi connectivity index (χ2v) is 17.2. The Balaban J connectivity index is 1.10. The van der Waals surface area contributed by atoms with Crippen molar-refractivity contribution in [2.45, 2.75) is 11.6 Å². The zero-order chi connectivity index (χ0) is 35.9. The summed E-state index contributed by atoms with van der Waals surface area (Å²) in [4.78, 5) is 2.52. The minimum absolute atomic E-state index is 0.0236. The minimum Gasteiger partial charge on any atom is -0.359 e. The van der Waals surface area contributed by atoms with Crippen molar-refractivity contribution in [1.82, 2.24) is 0 Å². The summed E-state index contributed by atoms with van der Waals surface area (Å²) in [5.74, 6) is 0. The van der Waals surface area contributed by atoms with Crippen molar-refractivity contribution in [3.8, 4) is 22.3 Å². The molecule has 8 aromatic carbocycles. The predicted octanol–water partition coefficient (Wildman–Crippen LogP) is 10.9. The number of nitrogens with zero attached hydrogens (tertiary/aromatic N) is 1. The van der Waals surface area contributed by atoms with E-state index in [4.69, 9.17) is 0 Å². The second-order valence-electron chi connectivity index (χ2n) is 14.4. The molecule has 1 spiro atoms. The molecular formula is C50H35N2OP. The van der Waals surface area contributed by atoms with E-state index in [1.165, 1.54) is 50.3 Å². The molecule has 1 aliphatic carbocycles. The number of nitrogens with one attached hydrogen (secondary N) is 1. The molecule has 2 atom stereocenters. The summed E-state index contributed by atoms with van der Waals surface area (Å²) in [6.45, 7) is 0. The summed E-state index contributed by atoms with van der Waals surface area (Å²) in [5.41, 5.74) is 14.2. The van der Waals surface area contributed by atoms with Crippen LogP contribution >= 0.6 is 7.14 Å². The summed E-state index contributed by atoms with van der Waals surface area (Å²) < 4.78 is 15.1. The average molecular weight is 711 g/mol. The Labute approximate surface area is 315 Å². The minimum atomic E-state index is -3.08. The molecule has 256 valence electrons. The van der Waals surface area contributed by atoms with Crippen LogP contribution in [0.15, 0.2) is 200 Å². The number of hydrogen-bond acceptors (Lipinski definition) is 3. The van der Waals surface area contributed by atoms with Crippen LogP contribution in [0.4, 0.5) is 17.1 Å². The number of hydrogen-bond donors (Lipinski definition) is 1. The smallest absolute Gasteiger partial charge is 0.171 e. The molecule has 0 amide bonds. The molecule has 0 saturated carbocycles. The maximum absolute atomic E-state index is 15.1. The van der Waals surface area contributed by atoms with Crippen molar-refractivity contribution in [1.29, 1.82) is 0 Å². The number of rotatable bonds is 5. The molecule has 2 heterocycles. The fourth-order valence-electron chi connectivity index (χ4n) is 9.46. The van der Waals surface area contributed by atoms with Gasteiger partial charge < -0.3 is 14.8 Å². The predicted molar refractivity (Wildman–Crippen MR) is 224 cm³/mol. The first-order valence-electron chi connectivity index (χ1n) is 18.6. The molecule has 0 radical (unpaired) electrons. The van der Waals surface area contributed by atoms with Gasteiger partial charge in [0.2, 0.25) is 0 Å². The summed E-state index contributed by atoms with van der Waals surface area (Å²) >= 11 is 0. The molecule has 54 heavy (non-hydrogen) atoms. The molecule has 3 nitrogen and oxygen atoms in total. The molecule has 1 N–H and O–H groups in total. The standard InChI is InChI=1S/C50H35N2OP/c53-54(37-17-6-2-7-18-37,38-19-8-3-9-20-38)39-30-27-34(28-31-39)36-29-32-41-40-21-10-11-22-42(40)50(45(41)33-36)43-23-12-13-26-47(43)52-48-44(50)24-14-25-46(48)51-49(52)35-15-4-1-5-16-35/h1-33,49,51H. The number of fused-ring (bicyclic) bond motifs is 9. The van der Waals surface area contributed by atoms with Crippen LogP contribution in [0.2, 0.25) is 0 Å². The third-order valence-electron chi connectivity index (χ3n) is 11.8. The lowest BCUT2D eigenvalue weighted by atomic mass is 9.64. The van der Waals surface area contributed by atoms with Gasteiger partial charge in [-0.3, -0.25) is 0 Å². The summed E-state index contributed by atoms with van der Waals surface area (Å²) in [5, 5.41) is 6.41. The molecular weight excluding hydrogens is 676 g/mol. The van der Waals surface area contributed by atoms with Crippen molar-refractivity contribution in [2.24, 2.45) is 0 Å². The van der Waals surface area contributed by atoms with E-state index in [-0.39, 0.29) is 6.17 Å². The highest BCUT2D eigenvalue weighted by Gasteiger charge is 2.54. The van der Waals surface area contributed by atoms with Gasteiger partial charge in [-0.1, -0.05) is 182 Å². The highest BCUT2D eigenvalue weighted by atomic mass is 31.2. The van der Waals surface area contributed by atoms with Gasteiger partial charge in [-0.2, -0.15) is 0 Å². The Kier molecular flexibility index (Phi) is 6.81. The highest BCUT2D eigenvalue weighted by molar-refractivity contribution is 7.85. The van der Waals surface area contributed by atoms with Gasteiger partial charge in [0.25, 0.3) is 0 Å². The third-order valence-corrected chi connectivity index (χ3v) is 14.8. The van der Waals surface area contributed by atoms with Gasteiger partial charge in [-0.25, -0.2) is 0 Å². The van der Waals surface area contributed by atoms with E-state index in [1.54, 1.807) is 0 Å². The summed E-state index contributed by atoms with van der Waals surface area (Å²) in [7, 11) is -3.08. The fourth-order valence-corrected chi connectivity index (χ4v) is 12.1. The van der Waals surface area contributed by atoms with Crippen LogP contribution in [0.25, 0.3) is 22.3 Å². The zero-order valence-corrected chi connectivity index (χ0v) is 30.3. The first kappa shape index (κ1) is 31.1. The Bertz CT molecular complexity index is 2740. The van der Waals surface area contributed by atoms with Crippen LogP contribution in [0.5, 0.6) is 0 Å². The number of benzene rings is 8. The van der Waals surface area contributed by atoms with Gasteiger partial charge in [0.1, 0.15) is 6.17 Å². The molecule has 0 bridgehead atoms. The maximum Gasteiger partial charge on any atom is 0.171 e. The molecule has 2 unspecified atom stereocenters. The highest BCUT2D eigenvalue weighted by Crippen LogP contribution is 2.66. The lowest BCUT2D eigenvalue weighted by Gasteiger charge is -2.44. The molecule has 0 fully saturated rings. The molecule has 8 aromatic rings. The summed E-state index contributed by atoms with van der Waals surface area (Å²) in [6.07, 6.45) is -0.0236. The van der Waals surface area contributed by atoms with E-state index in [0.29, 0.717) is 0 Å². The molecule has 11 rings (SSSR count). The van der Waals surface area contributed by atoms with E-state index >= 15 is 4.57 Å². The van der Waals surface area contributed by atoms with E-state index in [2.05, 4.69) is 150 Å². The van der Waals surface area contributed by atoms with Crippen molar-refractivity contribution in [3.05, 3.63) is 228 Å². The SMILES string of the molecule is O=P(c1ccccc1)(c1ccccc1)c1ccc(-c2ccc3c(c2)C2(c4ccccc4-3)c3ccccc3N3c4c(cccc42)NC3c2ccccc2)cc1. The molecule has 0 saturated heterocycles. The Morgan fingerprint density at radius 3 is 1.74 bits per heavy atom. The van der Waals surface area contributed by atoms with E-state index in [9.17, 15) is 0 Å². The topological polar surface area (TPSA) is 32.3 Å². The van der Waals surface area contributed by atoms with E-state index in [0.717, 1.165) is 32.7 Å². The van der Waals surface area contributed by atoms with Gasteiger partial charge in [0, 0.05) is 21.6 Å². The van der Waals surface area contributed by atoms with Gasteiger partial charge in [0.15, 0.2) is 7.14 Å². The van der Waals surface area contributed by atoms with Gasteiger partial charge in [0.05, 0.1) is 16.8 Å². The maximum atomic E-state index is 15.1. The van der Waals surface area contributed by atoms with Crippen molar-refractivity contribution in [2.75, 3.05) is 10.2 Å².